The highest BCUT2D eigenvalue weighted by molar-refractivity contribution is 5.45. The first-order valence-corrected chi connectivity index (χ1v) is 6.02. The topological polar surface area (TPSA) is 21.3 Å². The molecule has 0 unspecified atom stereocenters. The average molecular weight is 221 g/mol. The van der Waals surface area contributed by atoms with E-state index in [4.69, 9.17) is 4.74 Å². The van der Waals surface area contributed by atoms with E-state index in [1.54, 1.807) is 0 Å². The van der Waals surface area contributed by atoms with Gasteiger partial charge in [-0.15, -0.1) is 0 Å². The van der Waals surface area contributed by atoms with Crippen molar-refractivity contribution >= 4 is 0 Å². The zero-order valence-corrected chi connectivity index (χ0v) is 11.1. The molecule has 0 aromatic heterocycles. The third kappa shape index (κ3) is 3.24. The first kappa shape index (κ1) is 13.0. The first-order valence-electron chi connectivity index (χ1n) is 6.02. The van der Waals surface area contributed by atoms with Gasteiger partial charge in [0.15, 0.2) is 0 Å². The largest absolute Gasteiger partial charge is 0.490 e. The summed E-state index contributed by atoms with van der Waals surface area (Å²) in [6.45, 7) is 12.4. The van der Waals surface area contributed by atoms with Crippen LogP contribution < -0.4 is 10.1 Å². The molecule has 90 valence electrons. The van der Waals surface area contributed by atoms with E-state index in [0.29, 0.717) is 0 Å². The number of benzene rings is 1. The number of nitrogens with one attached hydrogen (secondary N) is 1. The smallest absolute Gasteiger partial charge is 0.127 e. The fourth-order valence-electron chi connectivity index (χ4n) is 1.64. The maximum Gasteiger partial charge on any atom is 0.127 e. The molecule has 0 atom stereocenters. The van der Waals surface area contributed by atoms with Crippen LogP contribution in [0.5, 0.6) is 5.75 Å². The molecular weight excluding hydrogens is 198 g/mol. The molecule has 0 aliphatic heterocycles. The van der Waals surface area contributed by atoms with Crippen molar-refractivity contribution < 1.29 is 4.74 Å². The third-order valence-corrected chi connectivity index (χ3v) is 2.68. The van der Waals surface area contributed by atoms with Crippen LogP contribution in [0.1, 0.15) is 37.5 Å². The summed E-state index contributed by atoms with van der Waals surface area (Å²) >= 11 is 0. The fraction of sp³-hybridized carbons (Fsp3) is 0.571. The van der Waals surface area contributed by atoms with Gasteiger partial charge in [0.1, 0.15) is 5.75 Å². The Bertz CT molecular complexity index is 345. The molecule has 0 fully saturated rings. The highest BCUT2D eigenvalue weighted by atomic mass is 16.5. The van der Waals surface area contributed by atoms with Crippen LogP contribution in [0.15, 0.2) is 12.1 Å². The number of hydrogen-bond donors (Lipinski definition) is 1. The van der Waals surface area contributed by atoms with Crippen LogP contribution >= 0.6 is 0 Å². The maximum absolute atomic E-state index is 5.91. The van der Waals surface area contributed by atoms with Crippen LogP contribution in [-0.4, -0.2) is 12.6 Å². The molecule has 0 heterocycles. The van der Waals surface area contributed by atoms with Gasteiger partial charge < -0.3 is 10.1 Å². The number of ether oxygens (including phenoxy) is 1. The van der Waals surface area contributed by atoms with Crippen molar-refractivity contribution in [2.24, 2.45) is 0 Å². The SMILES string of the molecule is CCNCc1ccc(C)c(C)c1OC(C)C. The molecular formula is C14H23NO. The molecule has 2 heteroatoms. The van der Waals surface area contributed by atoms with E-state index in [2.05, 4.69) is 52.1 Å². The minimum Gasteiger partial charge on any atom is -0.490 e. The Hall–Kier alpha value is -1.02. The summed E-state index contributed by atoms with van der Waals surface area (Å²) in [7, 11) is 0. The minimum atomic E-state index is 0.223. The summed E-state index contributed by atoms with van der Waals surface area (Å²) in [5, 5.41) is 3.34. The zero-order valence-electron chi connectivity index (χ0n) is 11.1. The number of aryl methyl sites for hydroxylation is 1. The number of hydrogen-bond acceptors (Lipinski definition) is 2. The van der Waals surface area contributed by atoms with Gasteiger partial charge in [0.05, 0.1) is 6.10 Å². The van der Waals surface area contributed by atoms with Gasteiger partial charge in [-0.05, 0) is 45.4 Å². The first-order chi connectivity index (χ1) is 7.56. The van der Waals surface area contributed by atoms with Crippen molar-refractivity contribution in [2.45, 2.75) is 47.3 Å². The molecule has 1 aromatic carbocycles. The van der Waals surface area contributed by atoms with Gasteiger partial charge in [-0.3, -0.25) is 0 Å². The molecule has 0 spiro atoms. The highest BCUT2D eigenvalue weighted by Crippen LogP contribution is 2.27. The molecule has 0 radical (unpaired) electrons. The molecule has 0 aliphatic rings. The van der Waals surface area contributed by atoms with Crippen molar-refractivity contribution in [1.82, 2.24) is 5.32 Å². The van der Waals surface area contributed by atoms with E-state index in [0.717, 1.165) is 18.8 Å². The summed E-state index contributed by atoms with van der Waals surface area (Å²) in [5.74, 6) is 1.05. The Kier molecular flexibility index (Phi) is 4.81. The van der Waals surface area contributed by atoms with E-state index in [1.165, 1.54) is 16.7 Å². The highest BCUT2D eigenvalue weighted by Gasteiger charge is 2.10. The van der Waals surface area contributed by atoms with Crippen LogP contribution in [0.4, 0.5) is 0 Å². The van der Waals surface area contributed by atoms with Crippen LogP contribution in [0.3, 0.4) is 0 Å². The van der Waals surface area contributed by atoms with Crippen molar-refractivity contribution in [3.8, 4) is 5.75 Å². The zero-order chi connectivity index (χ0) is 12.1. The second-order valence-corrected chi connectivity index (χ2v) is 4.44. The summed E-state index contributed by atoms with van der Waals surface area (Å²) in [6.07, 6.45) is 0.223. The Labute approximate surface area is 99.0 Å². The summed E-state index contributed by atoms with van der Waals surface area (Å²) < 4.78 is 5.91. The quantitative estimate of drug-likeness (QED) is 0.824. The molecule has 0 aliphatic carbocycles. The van der Waals surface area contributed by atoms with Crippen molar-refractivity contribution in [1.29, 1.82) is 0 Å². The fourth-order valence-corrected chi connectivity index (χ4v) is 1.64. The van der Waals surface area contributed by atoms with Crippen molar-refractivity contribution in [3.05, 3.63) is 28.8 Å². The van der Waals surface area contributed by atoms with Crippen LogP contribution in [0, 0.1) is 13.8 Å². The standard InChI is InChI=1S/C14H23NO/c1-6-15-9-13-8-7-11(4)12(5)14(13)16-10(2)3/h7-8,10,15H,6,9H2,1-5H3. The van der Waals surface area contributed by atoms with E-state index in [9.17, 15) is 0 Å². The Morgan fingerprint density at radius 1 is 1.25 bits per heavy atom. The van der Waals surface area contributed by atoms with Crippen LogP contribution in [-0.2, 0) is 6.54 Å². The lowest BCUT2D eigenvalue weighted by atomic mass is 10.0. The van der Waals surface area contributed by atoms with Gasteiger partial charge in [-0.2, -0.15) is 0 Å². The van der Waals surface area contributed by atoms with Crippen LogP contribution in [0.2, 0.25) is 0 Å². The molecule has 2 nitrogen and oxygen atoms in total. The summed E-state index contributed by atoms with van der Waals surface area (Å²) in [4.78, 5) is 0. The van der Waals surface area contributed by atoms with Gasteiger partial charge >= 0.3 is 0 Å². The second kappa shape index (κ2) is 5.90. The molecule has 0 bridgehead atoms. The molecule has 0 saturated heterocycles. The summed E-state index contributed by atoms with van der Waals surface area (Å²) in [6, 6.07) is 4.32. The molecule has 16 heavy (non-hydrogen) atoms. The van der Waals surface area contributed by atoms with Gasteiger partial charge in [0, 0.05) is 12.1 Å². The second-order valence-electron chi connectivity index (χ2n) is 4.44. The van der Waals surface area contributed by atoms with Gasteiger partial charge in [0.2, 0.25) is 0 Å². The minimum absolute atomic E-state index is 0.223. The lowest BCUT2D eigenvalue weighted by molar-refractivity contribution is 0.237. The monoisotopic (exact) mass is 221 g/mol. The van der Waals surface area contributed by atoms with Crippen molar-refractivity contribution in [2.75, 3.05) is 6.54 Å². The number of rotatable bonds is 5. The molecule has 1 rings (SSSR count). The predicted molar refractivity (Wildman–Crippen MR) is 69.1 cm³/mol. The van der Waals surface area contributed by atoms with Gasteiger partial charge in [-0.1, -0.05) is 19.1 Å². The van der Waals surface area contributed by atoms with E-state index in [1.807, 2.05) is 0 Å². The summed E-state index contributed by atoms with van der Waals surface area (Å²) in [5.41, 5.74) is 3.79. The average Bonchev–Trinajstić information content (AvgIpc) is 2.23. The lowest BCUT2D eigenvalue weighted by Crippen LogP contribution is -2.15. The molecule has 0 saturated carbocycles. The van der Waals surface area contributed by atoms with Gasteiger partial charge in [-0.25, -0.2) is 0 Å². The van der Waals surface area contributed by atoms with Crippen molar-refractivity contribution in [3.63, 3.8) is 0 Å². The molecule has 1 N–H and O–H groups in total. The Morgan fingerprint density at radius 3 is 2.50 bits per heavy atom. The lowest BCUT2D eigenvalue weighted by Gasteiger charge is -2.18. The Balaban J connectivity index is 3.01. The Morgan fingerprint density at radius 2 is 1.94 bits per heavy atom. The van der Waals surface area contributed by atoms with E-state index < -0.39 is 0 Å². The predicted octanol–water partition coefficient (Wildman–Crippen LogP) is 3.20. The molecule has 0 amide bonds. The van der Waals surface area contributed by atoms with E-state index >= 15 is 0 Å². The van der Waals surface area contributed by atoms with Crippen LogP contribution in [0.25, 0.3) is 0 Å². The van der Waals surface area contributed by atoms with E-state index in [-0.39, 0.29) is 6.10 Å². The molecule has 1 aromatic rings. The maximum atomic E-state index is 5.91. The third-order valence-electron chi connectivity index (χ3n) is 2.68. The normalized spacial score (nSPS) is 10.9. The van der Waals surface area contributed by atoms with Gasteiger partial charge in [0.25, 0.3) is 0 Å².